The Morgan fingerprint density at radius 2 is 1.94 bits per heavy atom. The van der Waals surface area contributed by atoms with Crippen molar-refractivity contribution < 1.29 is 4.74 Å². The van der Waals surface area contributed by atoms with Gasteiger partial charge in [-0.2, -0.15) is 0 Å². The number of hydrogen-bond donors (Lipinski definition) is 0. The summed E-state index contributed by atoms with van der Waals surface area (Å²) in [5, 5.41) is 0.553. The fourth-order valence-corrected chi connectivity index (χ4v) is 10.4. The van der Waals surface area contributed by atoms with Gasteiger partial charge >= 0.3 is 0 Å². The predicted octanol–water partition coefficient (Wildman–Crippen LogP) is 9.06. The molecule has 0 N–H and O–H groups in total. The van der Waals surface area contributed by atoms with Gasteiger partial charge in [-0.1, -0.05) is 83.2 Å². The number of hydrogen-bond acceptors (Lipinski definition) is 3. The van der Waals surface area contributed by atoms with Crippen LogP contribution in [0.25, 0.3) is 0 Å². The van der Waals surface area contributed by atoms with Crippen LogP contribution in [0.2, 0.25) is 0 Å². The lowest BCUT2D eigenvalue weighted by Gasteiger charge is -2.58. The Bertz CT molecular complexity index is 809. The van der Waals surface area contributed by atoms with Crippen molar-refractivity contribution in [3.05, 3.63) is 11.6 Å². The Kier molecular flexibility index (Phi) is 8.51. The molecule has 3 heteroatoms. The van der Waals surface area contributed by atoms with Crippen molar-refractivity contribution in [1.82, 2.24) is 0 Å². The smallest absolute Gasteiger partial charge is 0.221 e. The summed E-state index contributed by atoms with van der Waals surface area (Å²) in [4.78, 5) is 0. The quantitative estimate of drug-likeness (QED) is 0.196. The summed E-state index contributed by atoms with van der Waals surface area (Å²) >= 11 is 7.17. The van der Waals surface area contributed by atoms with Gasteiger partial charge in [0.1, 0.15) is 6.61 Å². The molecule has 3 fully saturated rings. The summed E-state index contributed by atoms with van der Waals surface area (Å²) in [6, 6.07) is 0. The standard InChI is InChI=1S/C31H48OS2/c1-7-19-32-29(33)34-24-15-17-30(5)23(20-24)11-12-25-27-14-13-26(22(4)10-8-9-21(2)3)31(27,6)18-16-28(25)30/h1,11,21-22,24-28H,8-10,12-20H2,2-6H3/t22-,24?,25?,26-,27?,28?,30+,31-/m1/s1. The molecular formula is C31H48OS2. The van der Waals surface area contributed by atoms with Crippen LogP contribution in [0.1, 0.15) is 105 Å². The minimum atomic E-state index is 0.292. The first-order valence-corrected chi connectivity index (χ1v) is 15.4. The maximum absolute atomic E-state index is 5.50. The van der Waals surface area contributed by atoms with Crippen LogP contribution in [0, 0.1) is 58.7 Å². The normalized spacial score (nSPS) is 39.9. The molecule has 0 bridgehead atoms. The van der Waals surface area contributed by atoms with Gasteiger partial charge in [0.15, 0.2) is 0 Å². The second-order valence-corrected chi connectivity index (χ2v) is 14.9. The molecule has 190 valence electrons. The van der Waals surface area contributed by atoms with E-state index in [1.54, 1.807) is 17.3 Å². The minimum absolute atomic E-state index is 0.292. The highest BCUT2D eigenvalue weighted by molar-refractivity contribution is 8.23. The van der Waals surface area contributed by atoms with Gasteiger partial charge in [-0.15, -0.1) is 6.42 Å². The summed E-state index contributed by atoms with van der Waals surface area (Å²) < 4.78 is 6.14. The average Bonchev–Trinajstić information content (AvgIpc) is 3.15. The Balaban J connectivity index is 1.42. The summed E-state index contributed by atoms with van der Waals surface area (Å²) in [6.07, 6.45) is 23.2. The monoisotopic (exact) mass is 500 g/mol. The second-order valence-electron chi connectivity index (χ2n) is 13.0. The van der Waals surface area contributed by atoms with Gasteiger partial charge in [-0.3, -0.25) is 0 Å². The Hall–Kier alpha value is -0.460. The van der Waals surface area contributed by atoms with Gasteiger partial charge in [0.25, 0.3) is 0 Å². The van der Waals surface area contributed by atoms with Crippen molar-refractivity contribution in [2.24, 2.45) is 46.3 Å². The van der Waals surface area contributed by atoms with Gasteiger partial charge in [-0.25, -0.2) is 0 Å². The molecule has 1 nitrogen and oxygen atoms in total. The van der Waals surface area contributed by atoms with Gasteiger partial charge in [0.05, 0.1) is 0 Å². The van der Waals surface area contributed by atoms with E-state index in [9.17, 15) is 0 Å². The number of ether oxygens (including phenoxy) is 1. The summed E-state index contributed by atoms with van der Waals surface area (Å²) in [5.41, 5.74) is 2.72. The molecule has 0 aromatic carbocycles. The van der Waals surface area contributed by atoms with Crippen LogP contribution in [0.5, 0.6) is 0 Å². The molecule has 4 unspecified atom stereocenters. The third kappa shape index (κ3) is 5.16. The molecule has 4 aliphatic rings. The molecule has 8 atom stereocenters. The molecule has 0 heterocycles. The van der Waals surface area contributed by atoms with Crippen molar-refractivity contribution in [2.75, 3.05) is 6.61 Å². The number of allylic oxidation sites excluding steroid dienone is 2. The van der Waals surface area contributed by atoms with E-state index in [4.69, 9.17) is 23.4 Å². The number of terminal acetylenes is 1. The summed E-state index contributed by atoms with van der Waals surface area (Å²) in [6.45, 7) is 12.9. The fraction of sp³-hybridized carbons (Fsp3) is 0.839. The highest BCUT2D eigenvalue weighted by Crippen LogP contribution is 2.67. The molecule has 4 aliphatic carbocycles. The van der Waals surface area contributed by atoms with E-state index < -0.39 is 0 Å². The van der Waals surface area contributed by atoms with E-state index in [-0.39, 0.29) is 0 Å². The van der Waals surface area contributed by atoms with Crippen molar-refractivity contribution >= 4 is 28.4 Å². The van der Waals surface area contributed by atoms with Crippen LogP contribution in [0.4, 0.5) is 0 Å². The molecule has 0 saturated heterocycles. The van der Waals surface area contributed by atoms with Gasteiger partial charge in [-0.05, 0) is 110 Å². The molecule has 34 heavy (non-hydrogen) atoms. The maximum atomic E-state index is 5.50. The maximum Gasteiger partial charge on any atom is 0.221 e. The Morgan fingerprint density at radius 1 is 1.15 bits per heavy atom. The molecular weight excluding hydrogens is 452 g/mol. The average molecular weight is 501 g/mol. The molecule has 0 aromatic heterocycles. The lowest BCUT2D eigenvalue weighted by molar-refractivity contribution is -0.0497. The molecule has 0 radical (unpaired) electrons. The van der Waals surface area contributed by atoms with E-state index in [0.717, 1.165) is 35.5 Å². The molecule has 3 saturated carbocycles. The number of fused-ring (bicyclic) bond motifs is 5. The minimum Gasteiger partial charge on any atom is -0.465 e. The summed E-state index contributed by atoms with van der Waals surface area (Å²) in [5.74, 6) is 7.94. The molecule has 0 spiro atoms. The SMILES string of the molecule is C#CCOC(=S)SC1CC[C@@]2(C)C(=CCC3C2CC[C@@]2(C)C3CC[C@@H]2[C@H](C)CCCC(C)C)C1. The zero-order chi connectivity index (χ0) is 24.5. The Morgan fingerprint density at radius 3 is 2.68 bits per heavy atom. The van der Waals surface area contributed by atoms with E-state index in [1.807, 2.05) is 0 Å². The zero-order valence-electron chi connectivity index (χ0n) is 22.4. The van der Waals surface area contributed by atoms with Crippen LogP contribution in [0.3, 0.4) is 0 Å². The van der Waals surface area contributed by atoms with Crippen LogP contribution in [-0.2, 0) is 4.74 Å². The Labute approximate surface area is 220 Å². The molecule has 4 rings (SSSR count). The van der Waals surface area contributed by atoms with E-state index in [1.165, 1.54) is 70.6 Å². The fourth-order valence-electron chi connectivity index (χ4n) is 9.02. The first-order valence-electron chi connectivity index (χ1n) is 14.2. The lowest BCUT2D eigenvalue weighted by atomic mass is 9.47. The van der Waals surface area contributed by atoms with Crippen molar-refractivity contribution in [3.8, 4) is 12.3 Å². The third-order valence-corrected chi connectivity index (χ3v) is 12.2. The summed E-state index contributed by atoms with van der Waals surface area (Å²) in [7, 11) is 0. The highest BCUT2D eigenvalue weighted by atomic mass is 32.2. The van der Waals surface area contributed by atoms with Crippen molar-refractivity contribution in [1.29, 1.82) is 0 Å². The highest BCUT2D eigenvalue weighted by Gasteiger charge is 2.59. The zero-order valence-corrected chi connectivity index (χ0v) is 24.0. The first kappa shape index (κ1) is 26.6. The number of rotatable bonds is 7. The van der Waals surface area contributed by atoms with E-state index in [0.29, 0.717) is 27.1 Å². The van der Waals surface area contributed by atoms with Crippen LogP contribution in [0.15, 0.2) is 11.6 Å². The van der Waals surface area contributed by atoms with Crippen molar-refractivity contribution in [3.63, 3.8) is 0 Å². The van der Waals surface area contributed by atoms with E-state index >= 15 is 0 Å². The van der Waals surface area contributed by atoms with Gasteiger partial charge in [0.2, 0.25) is 4.38 Å². The van der Waals surface area contributed by atoms with Crippen LogP contribution >= 0.6 is 24.0 Å². The van der Waals surface area contributed by atoms with Crippen molar-refractivity contribution in [2.45, 2.75) is 110 Å². The lowest BCUT2D eigenvalue weighted by Crippen LogP contribution is -2.50. The van der Waals surface area contributed by atoms with E-state index in [2.05, 4.69) is 46.6 Å². The molecule has 0 aromatic rings. The van der Waals surface area contributed by atoms with Gasteiger partial charge < -0.3 is 4.74 Å². The topological polar surface area (TPSA) is 9.23 Å². The van der Waals surface area contributed by atoms with Crippen LogP contribution in [-0.4, -0.2) is 16.2 Å². The van der Waals surface area contributed by atoms with Gasteiger partial charge in [0, 0.05) is 5.25 Å². The third-order valence-electron chi connectivity index (χ3n) is 10.8. The first-order chi connectivity index (χ1) is 16.2. The number of thioether (sulfide) groups is 1. The second kappa shape index (κ2) is 10.9. The van der Waals surface area contributed by atoms with Crippen LogP contribution < -0.4 is 0 Å². The molecule has 0 aliphatic heterocycles. The largest absolute Gasteiger partial charge is 0.465 e. The predicted molar refractivity (Wildman–Crippen MR) is 152 cm³/mol. The molecule has 0 amide bonds. The number of thiocarbonyl (C=S) groups is 1.